The molecule has 7 heteroatoms. The van der Waals surface area contributed by atoms with E-state index >= 15 is 0 Å². The van der Waals surface area contributed by atoms with E-state index in [-0.39, 0.29) is 18.1 Å². The van der Waals surface area contributed by atoms with Gasteiger partial charge in [-0.2, -0.15) is 0 Å². The monoisotopic (exact) mass is 545 g/mol. The zero-order valence-electron chi connectivity index (χ0n) is 23.1. The van der Waals surface area contributed by atoms with E-state index in [9.17, 15) is 9.59 Å². The molecule has 3 aromatic rings. The van der Waals surface area contributed by atoms with Crippen molar-refractivity contribution >= 4 is 34.4 Å². The highest BCUT2D eigenvalue weighted by Gasteiger charge is 2.27. The highest BCUT2D eigenvalue weighted by atomic mass is 32.1. The summed E-state index contributed by atoms with van der Waals surface area (Å²) in [6, 6.07) is 16.0. The van der Waals surface area contributed by atoms with Crippen LogP contribution in [0.3, 0.4) is 0 Å². The molecule has 2 aromatic carbocycles. The van der Waals surface area contributed by atoms with Crippen molar-refractivity contribution in [1.29, 1.82) is 0 Å². The molecule has 1 aliphatic heterocycles. The van der Waals surface area contributed by atoms with Crippen LogP contribution in [-0.4, -0.2) is 56.0 Å². The van der Waals surface area contributed by atoms with E-state index in [4.69, 9.17) is 4.74 Å². The lowest BCUT2D eigenvalue weighted by molar-refractivity contribution is 0.0342. The minimum absolute atomic E-state index is 0.0649. The summed E-state index contributed by atoms with van der Waals surface area (Å²) in [5.74, 6) is -0.0380. The number of nitrogens with one attached hydrogen (secondary N) is 1. The van der Waals surface area contributed by atoms with Gasteiger partial charge < -0.3 is 15.0 Å². The number of fused-ring (bicyclic) bond motifs is 1. The number of carbonyl (C=O) groups is 2. The number of ketones is 1. The zero-order chi connectivity index (χ0) is 27.2. The lowest BCUT2D eigenvalue weighted by atomic mass is 9.93. The van der Waals surface area contributed by atoms with Crippen molar-refractivity contribution in [2.75, 3.05) is 49.6 Å². The fourth-order valence-corrected chi connectivity index (χ4v) is 7.05. The van der Waals surface area contributed by atoms with Crippen LogP contribution in [0.2, 0.25) is 0 Å². The molecule has 1 aromatic heterocycles. The summed E-state index contributed by atoms with van der Waals surface area (Å²) in [7, 11) is 0. The van der Waals surface area contributed by atoms with Gasteiger partial charge >= 0.3 is 0 Å². The number of rotatable bonds is 10. The number of thiophene rings is 1. The van der Waals surface area contributed by atoms with Gasteiger partial charge in [-0.1, -0.05) is 18.2 Å². The Morgan fingerprint density at radius 3 is 2.49 bits per heavy atom. The molecule has 2 aliphatic rings. The van der Waals surface area contributed by atoms with Crippen LogP contribution in [0.5, 0.6) is 0 Å². The minimum atomic E-state index is -0.103. The standard InChI is InChI=1S/C32H39N3O3S/c1-3-35(4-2)26-14-12-25(13-15-26)33-32(37)31-27-10-5-6-11-29(27)39-30(31)21-28(36)24-9-7-8-23(20-24)22-34-16-18-38-19-17-34/h7-9,12-15,20H,3-6,10-11,16-19,21-22H2,1-2H3,(H,33,37). The summed E-state index contributed by atoms with van der Waals surface area (Å²) < 4.78 is 5.46. The first-order valence-electron chi connectivity index (χ1n) is 14.3. The topological polar surface area (TPSA) is 61.9 Å². The number of carbonyl (C=O) groups excluding carboxylic acids is 2. The van der Waals surface area contributed by atoms with E-state index in [2.05, 4.69) is 47.2 Å². The van der Waals surface area contributed by atoms with E-state index in [1.807, 2.05) is 30.3 Å². The predicted molar refractivity (Wildman–Crippen MR) is 159 cm³/mol. The van der Waals surface area contributed by atoms with Crippen LogP contribution in [-0.2, 0) is 30.5 Å². The molecule has 2 heterocycles. The third-order valence-corrected chi connectivity index (χ3v) is 9.10. The number of anilines is 2. The summed E-state index contributed by atoms with van der Waals surface area (Å²) in [5, 5.41) is 3.13. The van der Waals surface area contributed by atoms with Gasteiger partial charge in [-0.25, -0.2) is 0 Å². The first kappa shape index (κ1) is 27.6. The third-order valence-electron chi connectivity index (χ3n) is 7.81. The van der Waals surface area contributed by atoms with Crippen molar-refractivity contribution in [1.82, 2.24) is 4.90 Å². The molecule has 39 heavy (non-hydrogen) atoms. The second kappa shape index (κ2) is 12.9. The molecule has 1 N–H and O–H groups in total. The maximum Gasteiger partial charge on any atom is 0.257 e. The van der Waals surface area contributed by atoms with Crippen molar-refractivity contribution < 1.29 is 14.3 Å². The molecular formula is C32H39N3O3S. The summed E-state index contributed by atoms with van der Waals surface area (Å²) in [6.07, 6.45) is 4.36. The molecule has 0 atom stereocenters. The molecule has 1 amide bonds. The Kier molecular flexibility index (Phi) is 9.12. The third kappa shape index (κ3) is 6.60. The van der Waals surface area contributed by atoms with Gasteiger partial charge in [0, 0.05) is 65.8 Å². The average Bonchev–Trinajstić information content (AvgIpc) is 3.33. The Morgan fingerprint density at radius 2 is 1.74 bits per heavy atom. The van der Waals surface area contributed by atoms with Crippen molar-refractivity contribution in [2.24, 2.45) is 0 Å². The Balaban J connectivity index is 1.34. The summed E-state index contributed by atoms with van der Waals surface area (Å²) >= 11 is 1.66. The Bertz CT molecular complexity index is 1290. The highest BCUT2D eigenvalue weighted by molar-refractivity contribution is 7.12. The fraction of sp³-hybridized carbons (Fsp3) is 0.438. The quantitative estimate of drug-likeness (QED) is 0.318. The number of morpholine rings is 1. The van der Waals surface area contributed by atoms with Crippen molar-refractivity contribution in [3.8, 4) is 0 Å². The molecule has 0 unspecified atom stereocenters. The number of nitrogens with zero attached hydrogens (tertiary/aromatic N) is 2. The van der Waals surface area contributed by atoms with Crippen LogP contribution >= 0.6 is 11.3 Å². The van der Waals surface area contributed by atoms with Crippen LogP contribution in [0.4, 0.5) is 11.4 Å². The lowest BCUT2D eigenvalue weighted by Crippen LogP contribution is -2.35. The normalized spacial score (nSPS) is 15.5. The minimum Gasteiger partial charge on any atom is -0.379 e. The molecule has 1 saturated heterocycles. The van der Waals surface area contributed by atoms with E-state index in [0.29, 0.717) is 5.56 Å². The smallest absolute Gasteiger partial charge is 0.257 e. The van der Waals surface area contributed by atoms with Gasteiger partial charge in [0.2, 0.25) is 0 Å². The molecule has 1 aliphatic carbocycles. The van der Waals surface area contributed by atoms with E-state index < -0.39 is 0 Å². The van der Waals surface area contributed by atoms with Gasteiger partial charge in [0.1, 0.15) is 0 Å². The summed E-state index contributed by atoms with van der Waals surface area (Å²) in [4.78, 5) is 33.9. The first-order chi connectivity index (χ1) is 19.1. The summed E-state index contributed by atoms with van der Waals surface area (Å²) in [6.45, 7) is 10.3. The maximum absolute atomic E-state index is 13.7. The van der Waals surface area contributed by atoms with Gasteiger partial charge in [-0.15, -0.1) is 11.3 Å². The number of Topliss-reactive ketones (excluding diaryl/α,β-unsaturated/α-hetero) is 1. The number of hydrogen-bond acceptors (Lipinski definition) is 6. The number of amides is 1. The molecule has 1 fully saturated rings. The number of hydrogen-bond donors (Lipinski definition) is 1. The second-order valence-electron chi connectivity index (χ2n) is 10.4. The van der Waals surface area contributed by atoms with Crippen LogP contribution in [0.15, 0.2) is 48.5 Å². The number of ether oxygens (including phenoxy) is 1. The average molecular weight is 546 g/mol. The lowest BCUT2D eigenvalue weighted by Gasteiger charge is -2.26. The molecule has 0 saturated carbocycles. The van der Waals surface area contributed by atoms with E-state index in [0.717, 1.165) is 105 Å². The van der Waals surface area contributed by atoms with Crippen LogP contribution in [0.25, 0.3) is 0 Å². The molecule has 0 radical (unpaired) electrons. The van der Waals surface area contributed by atoms with Gasteiger partial charge in [-0.3, -0.25) is 14.5 Å². The fourth-order valence-electron chi connectivity index (χ4n) is 5.66. The second-order valence-corrected chi connectivity index (χ2v) is 11.6. The van der Waals surface area contributed by atoms with Crippen LogP contribution < -0.4 is 10.2 Å². The largest absolute Gasteiger partial charge is 0.379 e. The van der Waals surface area contributed by atoms with Crippen molar-refractivity contribution in [3.63, 3.8) is 0 Å². The Labute approximate surface area is 236 Å². The predicted octanol–water partition coefficient (Wildman–Crippen LogP) is 5.98. The first-order valence-corrected chi connectivity index (χ1v) is 15.1. The van der Waals surface area contributed by atoms with Crippen molar-refractivity contribution in [2.45, 2.75) is 52.5 Å². The van der Waals surface area contributed by atoms with E-state index in [1.165, 1.54) is 4.88 Å². The molecule has 206 valence electrons. The van der Waals surface area contributed by atoms with Crippen molar-refractivity contribution in [3.05, 3.63) is 80.5 Å². The van der Waals surface area contributed by atoms with E-state index in [1.54, 1.807) is 11.3 Å². The molecule has 6 nitrogen and oxygen atoms in total. The molecule has 5 rings (SSSR count). The maximum atomic E-state index is 13.7. The van der Waals surface area contributed by atoms with Gasteiger partial charge in [0.05, 0.1) is 18.8 Å². The zero-order valence-corrected chi connectivity index (χ0v) is 23.9. The number of aryl methyl sites for hydroxylation is 1. The molecular weight excluding hydrogens is 506 g/mol. The van der Waals surface area contributed by atoms with Gasteiger partial charge in [0.15, 0.2) is 5.78 Å². The van der Waals surface area contributed by atoms with Gasteiger partial charge in [-0.05, 0) is 81.0 Å². The molecule has 0 bridgehead atoms. The summed E-state index contributed by atoms with van der Waals surface area (Å²) in [5.41, 5.74) is 5.64. The number of benzene rings is 2. The Morgan fingerprint density at radius 1 is 1.00 bits per heavy atom. The highest BCUT2D eigenvalue weighted by Crippen LogP contribution is 2.36. The Hall–Kier alpha value is -3.00. The van der Waals surface area contributed by atoms with Crippen LogP contribution in [0, 0.1) is 0 Å². The van der Waals surface area contributed by atoms with Crippen LogP contribution in [0.1, 0.15) is 68.3 Å². The molecule has 0 spiro atoms. The van der Waals surface area contributed by atoms with Gasteiger partial charge in [0.25, 0.3) is 5.91 Å². The SMILES string of the molecule is CCN(CC)c1ccc(NC(=O)c2c(CC(=O)c3cccc(CN4CCOCC4)c3)sc3c2CCCC3)cc1.